The normalized spacial score (nSPS) is 25.2. The second kappa shape index (κ2) is 4.77. The van der Waals surface area contributed by atoms with Crippen LogP contribution in [0.1, 0.15) is 6.92 Å². The van der Waals surface area contributed by atoms with Crippen molar-refractivity contribution in [3.63, 3.8) is 0 Å². The van der Waals surface area contributed by atoms with E-state index in [1.54, 1.807) is 6.92 Å². The lowest BCUT2D eigenvalue weighted by Gasteiger charge is -2.29. The Labute approximate surface area is 73.3 Å². The molecule has 0 amide bonds. The molecule has 1 heterocycles. The molecule has 0 aromatic carbocycles. The van der Waals surface area contributed by atoms with E-state index < -0.39 is 6.10 Å². The van der Waals surface area contributed by atoms with E-state index in [1.165, 1.54) is 0 Å². The fraction of sp³-hybridized carbons (Fsp3) is 1.00. The summed E-state index contributed by atoms with van der Waals surface area (Å²) in [5.41, 5.74) is 5.71. The van der Waals surface area contributed by atoms with Gasteiger partial charge in [-0.2, -0.15) is 0 Å². The summed E-state index contributed by atoms with van der Waals surface area (Å²) in [7, 11) is 0. The highest BCUT2D eigenvalue weighted by Crippen LogP contribution is 1.99. The van der Waals surface area contributed by atoms with Gasteiger partial charge in [0.05, 0.1) is 19.3 Å². The number of rotatable bonds is 3. The summed E-state index contributed by atoms with van der Waals surface area (Å²) in [4.78, 5) is 2.22. The fourth-order valence-corrected chi connectivity index (χ4v) is 1.23. The molecule has 0 aromatic heterocycles. The minimum absolute atomic E-state index is 0.136. The van der Waals surface area contributed by atoms with Gasteiger partial charge >= 0.3 is 0 Å². The van der Waals surface area contributed by atoms with Crippen molar-refractivity contribution in [2.45, 2.75) is 19.1 Å². The van der Waals surface area contributed by atoms with E-state index in [1.807, 2.05) is 0 Å². The Hall–Kier alpha value is -0.160. The average Bonchev–Trinajstić information content (AvgIpc) is 2.06. The van der Waals surface area contributed by atoms with Crippen LogP contribution < -0.4 is 5.73 Å². The molecular weight excluding hydrogens is 156 g/mol. The van der Waals surface area contributed by atoms with Gasteiger partial charge in [-0.25, -0.2) is 0 Å². The minimum atomic E-state index is -0.423. The van der Waals surface area contributed by atoms with Gasteiger partial charge in [-0.1, -0.05) is 0 Å². The first-order chi connectivity index (χ1) is 5.70. The van der Waals surface area contributed by atoms with Crippen LogP contribution in [-0.2, 0) is 4.74 Å². The first-order valence-corrected chi connectivity index (χ1v) is 4.44. The SMILES string of the molecule is CC(O)C(N)CN1CCOCC1. The van der Waals surface area contributed by atoms with Crippen molar-refractivity contribution >= 4 is 0 Å². The standard InChI is InChI=1S/C8H18N2O2/c1-7(11)8(9)6-10-2-4-12-5-3-10/h7-8,11H,2-6,9H2,1H3. The lowest BCUT2D eigenvalue weighted by molar-refractivity contribution is 0.0268. The third-order valence-corrected chi connectivity index (χ3v) is 2.19. The number of ether oxygens (including phenoxy) is 1. The number of nitrogens with zero attached hydrogens (tertiary/aromatic N) is 1. The van der Waals surface area contributed by atoms with Crippen molar-refractivity contribution in [1.29, 1.82) is 0 Å². The maximum Gasteiger partial charge on any atom is 0.0675 e. The molecule has 1 rings (SSSR count). The highest BCUT2D eigenvalue weighted by Gasteiger charge is 2.16. The van der Waals surface area contributed by atoms with Crippen molar-refractivity contribution in [3.05, 3.63) is 0 Å². The predicted molar refractivity (Wildman–Crippen MR) is 46.9 cm³/mol. The van der Waals surface area contributed by atoms with E-state index in [2.05, 4.69) is 4.90 Å². The molecule has 1 fully saturated rings. The fourth-order valence-electron chi connectivity index (χ4n) is 1.23. The topological polar surface area (TPSA) is 58.7 Å². The summed E-state index contributed by atoms with van der Waals surface area (Å²) >= 11 is 0. The maximum absolute atomic E-state index is 9.17. The van der Waals surface area contributed by atoms with Gasteiger partial charge in [-0.05, 0) is 6.92 Å². The molecular formula is C8H18N2O2. The summed E-state index contributed by atoms with van der Waals surface area (Å²) in [6.45, 7) is 5.92. The molecule has 4 heteroatoms. The van der Waals surface area contributed by atoms with Gasteiger partial charge in [0.15, 0.2) is 0 Å². The molecule has 0 spiro atoms. The van der Waals surface area contributed by atoms with Crippen molar-refractivity contribution < 1.29 is 9.84 Å². The third kappa shape index (κ3) is 3.06. The number of hydrogen-bond acceptors (Lipinski definition) is 4. The smallest absolute Gasteiger partial charge is 0.0675 e. The van der Waals surface area contributed by atoms with Gasteiger partial charge in [-0.3, -0.25) is 4.90 Å². The maximum atomic E-state index is 9.17. The molecule has 72 valence electrons. The lowest BCUT2D eigenvalue weighted by Crippen LogP contribution is -2.47. The molecule has 1 aliphatic heterocycles. The zero-order valence-electron chi connectivity index (χ0n) is 7.57. The molecule has 1 aliphatic rings. The summed E-state index contributed by atoms with van der Waals surface area (Å²) in [5.74, 6) is 0. The molecule has 2 atom stereocenters. The monoisotopic (exact) mass is 174 g/mol. The summed E-state index contributed by atoms with van der Waals surface area (Å²) < 4.78 is 5.20. The van der Waals surface area contributed by atoms with Gasteiger partial charge in [0.1, 0.15) is 0 Å². The molecule has 0 aliphatic carbocycles. The molecule has 0 radical (unpaired) electrons. The Bertz CT molecular complexity index is 124. The quantitative estimate of drug-likeness (QED) is 0.578. The predicted octanol–water partition coefficient (Wildman–Crippen LogP) is -0.973. The van der Waals surface area contributed by atoms with Crippen LogP contribution in [0.25, 0.3) is 0 Å². The highest BCUT2D eigenvalue weighted by molar-refractivity contribution is 4.74. The van der Waals surface area contributed by atoms with Crippen LogP contribution in [0.2, 0.25) is 0 Å². The Kier molecular flexibility index (Phi) is 3.94. The zero-order valence-corrected chi connectivity index (χ0v) is 7.57. The molecule has 4 nitrogen and oxygen atoms in total. The number of hydrogen-bond donors (Lipinski definition) is 2. The average molecular weight is 174 g/mol. The Balaban J connectivity index is 2.20. The minimum Gasteiger partial charge on any atom is -0.392 e. The molecule has 12 heavy (non-hydrogen) atoms. The third-order valence-electron chi connectivity index (χ3n) is 2.19. The van der Waals surface area contributed by atoms with Crippen LogP contribution in [0.5, 0.6) is 0 Å². The first kappa shape index (κ1) is 9.92. The molecule has 0 saturated carbocycles. The van der Waals surface area contributed by atoms with Crippen LogP contribution in [0.3, 0.4) is 0 Å². The van der Waals surface area contributed by atoms with Crippen molar-refractivity contribution in [3.8, 4) is 0 Å². The van der Waals surface area contributed by atoms with E-state index in [9.17, 15) is 0 Å². The van der Waals surface area contributed by atoms with Gasteiger partial charge < -0.3 is 15.6 Å². The van der Waals surface area contributed by atoms with E-state index in [4.69, 9.17) is 15.6 Å². The second-order valence-corrected chi connectivity index (χ2v) is 3.32. The first-order valence-electron chi connectivity index (χ1n) is 4.44. The van der Waals surface area contributed by atoms with Gasteiger partial charge in [-0.15, -0.1) is 0 Å². The van der Waals surface area contributed by atoms with Gasteiger partial charge in [0.25, 0.3) is 0 Å². The number of morpholine rings is 1. The van der Waals surface area contributed by atoms with E-state index in [0.29, 0.717) is 0 Å². The van der Waals surface area contributed by atoms with Gasteiger partial charge in [0.2, 0.25) is 0 Å². The Morgan fingerprint density at radius 1 is 1.50 bits per heavy atom. The Morgan fingerprint density at radius 2 is 2.08 bits per heavy atom. The second-order valence-electron chi connectivity index (χ2n) is 3.32. The molecule has 1 saturated heterocycles. The summed E-state index contributed by atoms with van der Waals surface area (Å²) in [6, 6.07) is -0.136. The van der Waals surface area contributed by atoms with Crippen LogP contribution in [-0.4, -0.2) is 55.0 Å². The molecule has 3 N–H and O–H groups in total. The van der Waals surface area contributed by atoms with Gasteiger partial charge in [0, 0.05) is 25.7 Å². The number of aliphatic hydroxyl groups excluding tert-OH is 1. The van der Waals surface area contributed by atoms with Crippen LogP contribution >= 0.6 is 0 Å². The van der Waals surface area contributed by atoms with Crippen LogP contribution in [0.15, 0.2) is 0 Å². The lowest BCUT2D eigenvalue weighted by atomic mass is 10.2. The van der Waals surface area contributed by atoms with Crippen LogP contribution in [0, 0.1) is 0 Å². The number of aliphatic hydroxyl groups is 1. The molecule has 2 unspecified atom stereocenters. The summed E-state index contributed by atoms with van der Waals surface area (Å²) in [5, 5.41) is 9.17. The molecule has 0 bridgehead atoms. The highest BCUT2D eigenvalue weighted by atomic mass is 16.5. The Morgan fingerprint density at radius 3 is 2.58 bits per heavy atom. The van der Waals surface area contributed by atoms with E-state index >= 15 is 0 Å². The van der Waals surface area contributed by atoms with E-state index in [0.717, 1.165) is 32.8 Å². The van der Waals surface area contributed by atoms with Crippen molar-refractivity contribution in [2.24, 2.45) is 5.73 Å². The largest absolute Gasteiger partial charge is 0.392 e. The van der Waals surface area contributed by atoms with Crippen LogP contribution in [0.4, 0.5) is 0 Å². The number of nitrogens with two attached hydrogens (primary N) is 1. The molecule has 0 aromatic rings. The van der Waals surface area contributed by atoms with Crippen molar-refractivity contribution in [1.82, 2.24) is 4.90 Å². The zero-order chi connectivity index (χ0) is 8.97. The van der Waals surface area contributed by atoms with E-state index in [-0.39, 0.29) is 6.04 Å². The summed E-state index contributed by atoms with van der Waals surface area (Å²) in [6.07, 6.45) is -0.423. The van der Waals surface area contributed by atoms with Crippen molar-refractivity contribution in [2.75, 3.05) is 32.8 Å².